The molecule has 1 aromatic carbocycles. The number of halogens is 1. The average Bonchev–Trinajstić information content (AvgIpc) is 2.63. The van der Waals surface area contributed by atoms with Crippen LogP contribution in [0.5, 0.6) is 0 Å². The lowest BCUT2D eigenvalue weighted by molar-refractivity contribution is -0.136. The maximum atomic E-state index is 12.9. The first-order chi connectivity index (χ1) is 12.5. The van der Waals surface area contributed by atoms with Gasteiger partial charge in [0.2, 0.25) is 5.91 Å². The zero-order chi connectivity index (χ0) is 18.3. The van der Waals surface area contributed by atoms with Crippen LogP contribution in [-0.2, 0) is 9.59 Å². The topological polar surface area (TPSA) is 87.5 Å². The molecule has 2 aromatic rings. The van der Waals surface area contributed by atoms with E-state index in [4.69, 9.17) is 0 Å². The SMILES string of the molecule is O=C1CCC(n2ncc3ccc(N4CCN(Br)CC4)cc3c2=O)C(=O)N1. The van der Waals surface area contributed by atoms with Crippen molar-refractivity contribution in [2.45, 2.75) is 18.9 Å². The summed E-state index contributed by atoms with van der Waals surface area (Å²) < 4.78 is 3.29. The number of carbonyl (C=O) groups excluding carboxylic acids is 2. The molecule has 2 amide bonds. The van der Waals surface area contributed by atoms with Crippen LogP contribution >= 0.6 is 16.1 Å². The molecule has 2 saturated heterocycles. The van der Waals surface area contributed by atoms with E-state index >= 15 is 0 Å². The van der Waals surface area contributed by atoms with Crippen LogP contribution in [0.3, 0.4) is 0 Å². The van der Waals surface area contributed by atoms with E-state index in [-0.39, 0.29) is 24.3 Å². The molecular weight excluding hydrogens is 402 g/mol. The molecule has 8 nitrogen and oxygen atoms in total. The number of amides is 2. The number of piperidine rings is 1. The molecule has 2 aliphatic rings. The van der Waals surface area contributed by atoms with E-state index in [1.165, 1.54) is 4.68 Å². The maximum absolute atomic E-state index is 12.9. The summed E-state index contributed by atoms with van der Waals surface area (Å²) in [7, 11) is 0. The minimum atomic E-state index is -0.745. The number of nitrogens with one attached hydrogen (secondary N) is 1. The fourth-order valence-electron chi connectivity index (χ4n) is 3.42. The summed E-state index contributed by atoms with van der Waals surface area (Å²) in [5, 5.41) is 7.71. The summed E-state index contributed by atoms with van der Waals surface area (Å²) in [6.07, 6.45) is 2.09. The van der Waals surface area contributed by atoms with E-state index < -0.39 is 11.9 Å². The van der Waals surface area contributed by atoms with Crippen molar-refractivity contribution in [3.05, 3.63) is 34.7 Å². The molecular formula is C17H18BrN5O3. The molecule has 4 rings (SSSR count). The molecule has 3 heterocycles. The Labute approximate surface area is 158 Å². The van der Waals surface area contributed by atoms with Gasteiger partial charge >= 0.3 is 0 Å². The highest BCUT2D eigenvalue weighted by Gasteiger charge is 2.30. The summed E-state index contributed by atoms with van der Waals surface area (Å²) >= 11 is 3.49. The van der Waals surface area contributed by atoms with Crippen molar-refractivity contribution in [3.63, 3.8) is 0 Å². The fraction of sp³-hybridized carbons (Fsp3) is 0.412. The maximum Gasteiger partial charge on any atom is 0.275 e. The molecule has 0 bridgehead atoms. The number of nitrogens with zero attached hydrogens (tertiary/aromatic N) is 4. The molecule has 0 spiro atoms. The monoisotopic (exact) mass is 419 g/mol. The van der Waals surface area contributed by atoms with Crippen LogP contribution in [0.15, 0.2) is 29.2 Å². The van der Waals surface area contributed by atoms with E-state index in [1.807, 2.05) is 18.2 Å². The molecule has 0 radical (unpaired) electrons. The minimum Gasteiger partial charge on any atom is -0.369 e. The minimum absolute atomic E-state index is 0.208. The van der Waals surface area contributed by atoms with Crippen molar-refractivity contribution in [1.82, 2.24) is 19.0 Å². The van der Waals surface area contributed by atoms with E-state index in [1.54, 1.807) is 6.20 Å². The molecule has 0 saturated carbocycles. The highest BCUT2D eigenvalue weighted by atomic mass is 79.9. The Morgan fingerprint density at radius 1 is 1.12 bits per heavy atom. The molecule has 1 atom stereocenters. The quantitative estimate of drug-likeness (QED) is 0.572. The van der Waals surface area contributed by atoms with Crippen molar-refractivity contribution < 1.29 is 9.59 Å². The first-order valence-corrected chi connectivity index (χ1v) is 9.25. The Hall–Kier alpha value is -2.26. The predicted molar refractivity (Wildman–Crippen MR) is 100 cm³/mol. The summed E-state index contributed by atoms with van der Waals surface area (Å²) in [5.74, 6) is -0.784. The first-order valence-electron chi connectivity index (χ1n) is 8.54. The number of piperazine rings is 1. The first kappa shape index (κ1) is 17.2. The lowest BCUT2D eigenvalue weighted by atomic mass is 10.1. The molecule has 1 N–H and O–H groups in total. The average molecular weight is 420 g/mol. The molecule has 9 heteroatoms. The smallest absolute Gasteiger partial charge is 0.275 e. The second kappa shape index (κ2) is 6.81. The van der Waals surface area contributed by atoms with E-state index in [0.29, 0.717) is 5.39 Å². The second-order valence-electron chi connectivity index (χ2n) is 6.53. The van der Waals surface area contributed by atoms with Gasteiger partial charge in [0, 0.05) is 59.8 Å². The van der Waals surface area contributed by atoms with Crippen LogP contribution in [0.25, 0.3) is 10.8 Å². The van der Waals surface area contributed by atoms with Gasteiger partial charge in [0.25, 0.3) is 11.5 Å². The zero-order valence-corrected chi connectivity index (χ0v) is 15.6. The predicted octanol–water partition coefficient (Wildman–Crippen LogP) is 0.806. The van der Waals surface area contributed by atoms with Gasteiger partial charge in [0.1, 0.15) is 6.04 Å². The third-order valence-electron chi connectivity index (χ3n) is 4.89. The van der Waals surface area contributed by atoms with Gasteiger partial charge in [-0.25, -0.2) is 8.61 Å². The number of benzene rings is 1. The van der Waals surface area contributed by atoms with Crippen molar-refractivity contribution in [2.75, 3.05) is 31.1 Å². The van der Waals surface area contributed by atoms with Gasteiger partial charge in [-0.1, -0.05) is 6.07 Å². The van der Waals surface area contributed by atoms with Gasteiger partial charge < -0.3 is 4.90 Å². The van der Waals surface area contributed by atoms with Gasteiger partial charge in [-0.2, -0.15) is 5.10 Å². The summed E-state index contributed by atoms with van der Waals surface area (Å²) in [5.41, 5.74) is 0.675. The van der Waals surface area contributed by atoms with Crippen molar-refractivity contribution in [3.8, 4) is 0 Å². The van der Waals surface area contributed by atoms with Crippen LogP contribution in [0.1, 0.15) is 18.9 Å². The Bertz CT molecular complexity index is 936. The molecule has 0 aliphatic carbocycles. The molecule has 26 heavy (non-hydrogen) atoms. The highest BCUT2D eigenvalue weighted by Crippen LogP contribution is 2.23. The summed E-state index contributed by atoms with van der Waals surface area (Å²) in [4.78, 5) is 38.6. The van der Waals surface area contributed by atoms with Crippen molar-refractivity contribution in [2.24, 2.45) is 0 Å². The number of anilines is 1. The number of rotatable bonds is 2. The lowest BCUT2D eigenvalue weighted by Gasteiger charge is -2.33. The van der Waals surface area contributed by atoms with E-state index in [0.717, 1.165) is 37.3 Å². The number of hydrogen-bond donors (Lipinski definition) is 1. The molecule has 2 fully saturated rings. The largest absolute Gasteiger partial charge is 0.369 e. The fourth-order valence-corrected chi connectivity index (χ4v) is 3.73. The number of aromatic nitrogens is 2. The van der Waals surface area contributed by atoms with Crippen LogP contribution in [0.4, 0.5) is 5.69 Å². The van der Waals surface area contributed by atoms with Crippen LogP contribution in [0.2, 0.25) is 0 Å². The highest BCUT2D eigenvalue weighted by molar-refractivity contribution is 9.07. The van der Waals surface area contributed by atoms with Gasteiger partial charge in [-0.3, -0.25) is 19.7 Å². The van der Waals surface area contributed by atoms with Gasteiger partial charge in [-0.15, -0.1) is 0 Å². The van der Waals surface area contributed by atoms with E-state index in [9.17, 15) is 14.4 Å². The number of carbonyl (C=O) groups is 2. The number of fused-ring (bicyclic) bond motifs is 1. The van der Waals surface area contributed by atoms with Gasteiger partial charge in [0.15, 0.2) is 0 Å². The summed E-state index contributed by atoms with van der Waals surface area (Å²) in [6.45, 7) is 3.52. The summed E-state index contributed by atoms with van der Waals surface area (Å²) in [6, 6.07) is 4.99. The third-order valence-corrected chi connectivity index (χ3v) is 5.60. The Morgan fingerprint density at radius 2 is 1.88 bits per heavy atom. The number of hydrogen-bond acceptors (Lipinski definition) is 6. The van der Waals surface area contributed by atoms with Crippen LogP contribution in [0, 0.1) is 0 Å². The van der Waals surface area contributed by atoms with Crippen molar-refractivity contribution in [1.29, 1.82) is 0 Å². The molecule has 1 unspecified atom stereocenters. The number of imide groups is 1. The van der Waals surface area contributed by atoms with Gasteiger partial charge in [0.05, 0.1) is 11.6 Å². The zero-order valence-electron chi connectivity index (χ0n) is 14.0. The standard InChI is InChI=1S/C17H18BrN5O3/c18-22-7-5-21(6-8-22)12-2-1-11-10-19-23(17(26)13(11)9-12)14-3-4-15(24)20-16(14)25/h1-2,9-10,14H,3-8H2,(H,20,24,25). The Morgan fingerprint density at radius 3 is 2.62 bits per heavy atom. The molecule has 1 aromatic heterocycles. The van der Waals surface area contributed by atoms with Crippen LogP contribution < -0.4 is 15.8 Å². The Kier molecular flexibility index (Phi) is 4.49. The van der Waals surface area contributed by atoms with Gasteiger partial charge in [-0.05, 0) is 18.6 Å². The van der Waals surface area contributed by atoms with Crippen LogP contribution in [-0.4, -0.2) is 51.7 Å². The molecule has 136 valence electrons. The third kappa shape index (κ3) is 3.12. The molecule has 2 aliphatic heterocycles. The lowest BCUT2D eigenvalue weighted by Crippen LogP contribution is -2.45. The Balaban J connectivity index is 1.71. The second-order valence-corrected chi connectivity index (χ2v) is 7.53. The van der Waals surface area contributed by atoms with E-state index in [2.05, 4.69) is 35.4 Å². The van der Waals surface area contributed by atoms with Crippen molar-refractivity contribution >= 4 is 44.4 Å². The normalized spacial score (nSPS) is 21.9.